The Kier molecular flexibility index (Phi) is 4.46. The number of fused-ring (bicyclic) bond motifs is 5. The lowest BCUT2D eigenvalue weighted by Gasteiger charge is -2.36. The molecule has 0 saturated heterocycles. The van der Waals surface area contributed by atoms with Gasteiger partial charge in [0, 0.05) is 18.5 Å². The summed E-state index contributed by atoms with van der Waals surface area (Å²) in [7, 11) is 0. The number of hydrogen-bond acceptors (Lipinski definition) is 5. The highest BCUT2D eigenvalue weighted by Gasteiger charge is 2.65. The Morgan fingerprint density at radius 1 is 1.09 bits per heavy atom. The number of hydrogen-bond donors (Lipinski definition) is 0. The van der Waals surface area contributed by atoms with Crippen molar-refractivity contribution in [2.45, 2.75) is 51.4 Å². The third-order valence-electron chi connectivity index (χ3n) is 7.86. The van der Waals surface area contributed by atoms with Gasteiger partial charge >= 0.3 is 0 Å². The monoisotopic (exact) mass is 458 g/mol. The number of rotatable bonds is 4. The fourth-order valence-corrected chi connectivity index (χ4v) is 6.04. The van der Waals surface area contributed by atoms with Gasteiger partial charge in [0.15, 0.2) is 5.82 Å². The van der Waals surface area contributed by atoms with E-state index >= 15 is 0 Å². The standard InChI is InChI=1S/C26H24F2N6/c1-4-15-10-13-34(33-15)21-9-12-29-24(30-21)26-11-8-17(25(26,2)3)16-14-20(31-32-23(16)26)22-18(27)6-5-7-19(22)28/h5-7,9-10,12-14,17H,4,8,11H2,1-3H3/t17-,26+/m0/s1. The van der Waals surface area contributed by atoms with Crippen LogP contribution < -0.4 is 0 Å². The van der Waals surface area contributed by atoms with E-state index in [1.54, 1.807) is 10.9 Å². The smallest absolute Gasteiger partial charge is 0.157 e. The Balaban J connectivity index is 1.51. The number of halogens is 2. The lowest BCUT2D eigenvalue weighted by Crippen LogP contribution is -2.39. The Morgan fingerprint density at radius 3 is 2.62 bits per heavy atom. The van der Waals surface area contributed by atoms with Gasteiger partial charge in [0.05, 0.1) is 28.1 Å². The van der Waals surface area contributed by atoms with Gasteiger partial charge in [-0.3, -0.25) is 0 Å². The molecule has 0 aliphatic heterocycles. The van der Waals surface area contributed by atoms with Gasteiger partial charge in [0.2, 0.25) is 0 Å². The minimum Gasteiger partial charge on any atom is -0.240 e. The second-order valence-corrected chi connectivity index (χ2v) is 9.69. The van der Waals surface area contributed by atoms with Gasteiger partial charge in [-0.15, -0.1) is 5.10 Å². The molecular weight excluding hydrogens is 434 g/mol. The Hall–Kier alpha value is -3.55. The highest BCUT2D eigenvalue weighted by molar-refractivity contribution is 5.64. The van der Waals surface area contributed by atoms with E-state index in [2.05, 4.69) is 36.1 Å². The predicted molar refractivity (Wildman–Crippen MR) is 122 cm³/mol. The van der Waals surface area contributed by atoms with Gasteiger partial charge in [-0.1, -0.05) is 26.8 Å². The minimum atomic E-state index is -0.645. The summed E-state index contributed by atoms with van der Waals surface area (Å²) in [6.07, 6.45) is 6.26. The van der Waals surface area contributed by atoms with Gasteiger partial charge in [0.1, 0.15) is 17.5 Å². The lowest BCUT2D eigenvalue weighted by atomic mass is 9.68. The zero-order chi connectivity index (χ0) is 23.7. The Morgan fingerprint density at radius 2 is 1.88 bits per heavy atom. The van der Waals surface area contributed by atoms with E-state index in [-0.39, 0.29) is 22.6 Å². The summed E-state index contributed by atoms with van der Waals surface area (Å²) in [5.41, 5.74) is 2.06. The summed E-state index contributed by atoms with van der Waals surface area (Å²) in [4.78, 5) is 9.65. The molecule has 34 heavy (non-hydrogen) atoms. The van der Waals surface area contributed by atoms with Crippen molar-refractivity contribution in [2.24, 2.45) is 5.41 Å². The zero-order valence-electron chi connectivity index (χ0n) is 19.3. The lowest BCUT2D eigenvalue weighted by molar-refractivity contribution is 0.237. The molecule has 0 N–H and O–H groups in total. The molecule has 3 heterocycles. The fraction of sp³-hybridized carbons (Fsp3) is 0.346. The van der Waals surface area contributed by atoms with Crippen molar-refractivity contribution in [2.75, 3.05) is 0 Å². The maximum Gasteiger partial charge on any atom is 0.157 e. The second kappa shape index (κ2) is 7.22. The summed E-state index contributed by atoms with van der Waals surface area (Å²) >= 11 is 0. The van der Waals surface area contributed by atoms with E-state index in [1.165, 1.54) is 18.2 Å². The van der Waals surface area contributed by atoms with Crippen molar-refractivity contribution in [3.05, 3.63) is 83.2 Å². The maximum absolute atomic E-state index is 14.5. The maximum atomic E-state index is 14.5. The second-order valence-electron chi connectivity index (χ2n) is 9.69. The molecule has 0 radical (unpaired) electrons. The third kappa shape index (κ3) is 2.68. The summed E-state index contributed by atoms with van der Waals surface area (Å²) in [5, 5.41) is 13.5. The van der Waals surface area contributed by atoms with Crippen molar-refractivity contribution in [3.8, 4) is 17.1 Å². The molecule has 2 atom stereocenters. The molecule has 0 spiro atoms. The van der Waals surface area contributed by atoms with E-state index in [0.29, 0.717) is 11.6 Å². The average Bonchev–Trinajstić information content (AvgIpc) is 3.47. The Bertz CT molecular complexity index is 1410. The van der Waals surface area contributed by atoms with E-state index in [9.17, 15) is 8.78 Å². The van der Waals surface area contributed by atoms with Crippen LogP contribution in [0.2, 0.25) is 0 Å². The molecule has 2 aliphatic carbocycles. The van der Waals surface area contributed by atoms with E-state index in [4.69, 9.17) is 9.97 Å². The highest BCUT2D eigenvalue weighted by atomic mass is 19.1. The minimum absolute atomic E-state index is 0.143. The first-order valence-electron chi connectivity index (χ1n) is 11.6. The van der Waals surface area contributed by atoms with Crippen molar-refractivity contribution in [1.29, 1.82) is 0 Å². The van der Waals surface area contributed by atoms with Crippen LogP contribution in [0, 0.1) is 17.0 Å². The topological polar surface area (TPSA) is 69.4 Å². The first-order valence-corrected chi connectivity index (χ1v) is 11.6. The van der Waals surface area contributed by atoms with Crippen LogP contribution >= 0.6 is 0 Å². The normalized spacial score (nSPS) is 22.2. The van der Waals surface area contributed by atoms with Crippen LogP contribution in [-0.2, 0) is 11.8 Å². The molecule has 4 aromatic rings. The van der Waals surface area contributed by atoms with Crippen LogP contribution in [0.3, 0.4) is 0 Å². The fourth-order valence-electron chi connectivity index (χ4n) is 6.04. The average molecular weight is 459 g/mol. The Labute approximate surface area is 196 Å². The van der Waals surface area contributed by atoms with Gasteiger partial charge in [-0.25, -0.2) is 23.4 Å². The van der Waals surface area contributed by atoms with Crippen LogP contribution in [0.1, 0.15) is 62.3 Å². The van der Waals surface area contributed by atoms with Crippen molar-refractivity contribution >= 4 is 0 Å². The molecule has 1 fully saturated rings. The van der Waals surface area contributed by atoms with Crippen LogP contribution in [0.15, 0.2) is 48.8 Å². The van der Waals surface area contributed by atoms with Gasteiger partial charge in [0.25, 0.3) is 0 Å². The summed E-state index contributed by atoms with van der Waals surface area (Å²) < 4.78 is 30.7. The molecular formula is C26H24F2N6. The molecule has 6 nitrogen and oxygen atoms in total. The van der Waals surface area contributed by atoms with Crippen LogP contribution in [0.25, 0.3) is 17.1 Å². The molecule has 1 saturated carbocycles. The first-order chi connectivity index (χ1) is 16.4. The summed E-state index contributed by atoms with van der Waals surface area (Å²) in [6, 6.07) is 9.46. The molecule has 6 rings (SSSR count). The predicted octanol–water partition coefficient (Wildman–Crippen LogP) is 5.16. The van der Waals surface area contributed by atoms with E-state index in [0.717, 1.165) is 36.2 Å². The van der Waals surface area contributed by atoms with E-state index in [1.807, 2.05) is 24.4 Å². The first kappa shape index (κ1) is 21.0. The largest absolute Gasteiger partial charge is 0.240 e. The van der Waals surface area contributed by atoms with Crippen LogP contribution in [0.5, 0.6) is 0 Å². The van der Waals surface area contributed by atoms with Crippen molar-refractivity contribution in [1.82, 2.24) is 29.9 Å². The molecule has 8 heteroatoms. The SMILES string of the molecule is CCc1ccn(-c2ccnc([C@@]34CC[C@@H](c5cc(-c6c(F)cccc6F)nnc53)C4(C)C)n2)n1. The summed E-state index contributed by atoms with van der Waals surface area (Å²) in [6.45, 7) is 6.47. The number of nitrogens with zero attached hydrogens (tertiary/aromatic N) is 6. The molecule has 0 amide bonds. The van der Waals surface area contributed by atoms with Crippen molar-refractivity contribution < 1.29 is 8.78 Å². The highest BCUT2D eigenvalue weighted by Crippen LogP contribution is 2.69. The molecule has 1 aromatic carbocycles. The number of aryl methyl sites for hydroxylation is 1. The zero-order valence-corrected chi connectivity index (χ0v) is 19.3. The molecule has 0 unspecified atom stereocenters. The third-order valence-corrected chi connectivity index (χ3v) is 7.86. The molecule has 3 aromatic heterocycles. The molecule has 172 valence electrons. The number of benzene rings is 1. The van der Waals surface area contributed by atoms with Crippen LogP contribution in [-0.4, -0.2) is 29.9 Å². The van der Waals surface area contributed by atoms with Crippen LogP contribution in [0.4, 0.5) is 8.78 Å². The van der Waals surface area contributed by atoms with Gasteiger partial charge < -0.3 is 0 Å². The van der Waals surface area contributed by atoms with E-state index < -0.39 is 17.0 Å². The van der Waals surface area contributed by atoms with Gasteiger partial charge in [-0.2, -0.15) is 10.2 Å². The van der Waals surface area contributed by atoms with Crippen molar-refractivity contribution in [3.63, 3.8) is 0 Å². The molecule has 2 aliphatic rings. The number of aromatic nitrogens is 6. The summed E-state index contributed by atoms with van der Waals surface area (Å²) in [5.74, 6) is 0.255. The van der Waals surface area contributed by atoms with Gasteiger partial charge in [-0.05, 0) is 60.4 Å². The molecule has 2 bridgehead atoms. The quantitative estimate of drug-likeness (QED) is 0.422.